The summed E-state index contributed by atoms with van der Waals surface area (Å²) in [7, 11) is 0. The Kier molecular flexibility index (Phi) is 5.13. The second-order valence-electron chi connectivity index (χ2n) is 5.58. The normalized spacial score (nSPS) is 26.4. The molecule has 0 bridgehead atoms. The van der Waals surface area contributed by atoms with Crippen LogP contribution in [0, 0.1) is 0 Å². The van der Waals surface area contributed by atoms with E-state index in [0.29, 0.717) is 0 Å². The van der Waals surface area contributed by atoms with Gasteiger partial charge in [0.05, 0.1) is 19.5 Å². The van der Waals surface area contributed by atoms with Crippen molar-refractivity contribution in [2.45, 2.75) is 31.5 Å². The molecule has 26 heavy (non-hydrogen) atoms. The summed E-state index contributed by atoms with van der Waals surface area (Å²) in [6.45, 7) is 1.38. The molecule has 2 aromatic heterocycles. The second kappa shape index (κ2) is 7.33. The molecule has 1 fully saturated rings. The van der Waals surface area contributed by atoms with Crippen LogP contribution in [0.25, 0.3) is 16.7 Å². The Hall–Kier alpha value is -2.60. The first-order valence-corrected chi connectivity index (χ1v) is 7.92. The van der Waals surface area contributed by atoms with E-state index in [9.17, 15) is 20.1 Å². The predicted molar refractivity (Wildman–Crippen MR) is 87.1 cm³/mol. The standard InChI is InChI=1S/C15H19N5O6/c1-2-25-15(24)7(3-16)9-10-13(18-5-17-9)20(6-19-10)14-12(23)11(22)8(4-21)26-14/h3,5-6,8,11-12,14,21-23H,2,4,16H2,1H3/b7-3+/t8-,11-,12-,14-/m1/s1. The van der Waals surface area contributed by atoms with E-state index < -0.39 is 37.1 Å². The van der Waals surface area contributed by atoms with Crippen LogP contribution >= 0.6 is 0 Å². The first-order valence-electron chi connectivity index (χ1n) is 7.92. The molecule has 0 amide bonds. The number of rotatable bonds is 5. The van der Waals surface area contributed by atoms with E-state index in [2.05, 4.69) is 15.0 Å². The number of ether oxygens (including phenoxy) is 2. The Morgan fingerprint density at radius 3 is 2.77 bits per heavy atom. The third-order valence-corrected chi connectivity index (χ3v) is 4.07. The van der Waals surface area contributed by atoms with Gasteiger partial charge < -0.3 is 30.5 Å². The molecular formula is C15H19N5O6. The number of aliphatic hydroxyl groups excluding tert-OH is 3. The molecule has 0 aromatic carbocycles. The Morgan fingerprint density at radius 1 is 1.38 bits per heavy atom. The van der Waals surface area contributed by atoms with Crippen molar-refractivity contribution in [2.75, 3.05) is 13.2 Å². The number of hydrogen-bond donors (Lipinski definition) is 4. The molecule has 140 valence electrons. The lowest BCUT2D eigenvalue weighted by Crippen LogP contribution is -2.33. The summed E-state index contributed by atoms with van der Waals surface area (Å²) in [5, 5.41) is 29.3. The third kappa shape index (κ3) is 2.90. The molecule has 0 saturated carbocycles. The summed E-state index contributed by atoms with van der Waals surface area (Å²) in [6.07, 6.45) is -0.885. The van der Waals surface area contributed by atoms with Gasteiger partial charge in [0.15, 0.2) is 11.9 Å². The highest BCUT2D eigenvalue weighted by Gasteiger charge is 2.44. The topological polar surface area (TPSA) is 166 Å². The summed E-state index contributed by atoms with van der Waals surface area (Å²) >= 11 is 0. The average Bonchev–Trinajstić information content (AvgIpc) is 3.18. The monoisotopic (exact) mass is 365 g/mol. The lowest BCUT2D eigenvalue weighted by Gasteiger charge is -2.16. The maximum absolute atomic E-state index is 12.1. The number of fused-ring (bicyclic) bond motifs is 1. The highest BCUT2D eigenvalue weighted by Crippen LogP contribution is 2.32. The van der Waals surface area contributed by atoms with Crippen LogP contribution in [0.4, 0.5) is 0 Å². The SMILES string of the molecule is CCOC(=O)/C(=C/N)c1ncnc2c1ncn2[C@@H]1O[C@H](CO)[C@@H](O)[C@H]1O. The van der Waals surface area contributed by atoms with Gasteiger partial charge in [0.2, 0.25) is 0 Å². The van der Waals surface area contributed by atoms with Gasteiger partial charge in [-0.25, -0.2) is 19.7 Å². The largest absolute Gasteiger partial charge is 0.462 e. The smallest absolute Gasteiger partial charge is 0.341 e. The van der Waals surface area contributed by atoms with E-state index in [-0.39, 0.29) is 29.0 Å². The molecule has 2 aromatic rings. The molecule has 11 nitrogen and oxygen atoms in total. The maximum Gasteiger partial charge on any atom is 0.341 e. The number of carbonyl (C=O) groups is 1. The van der Waals surface area contributed by atoms with Crippen molar-refractivity contribution in [3.63, 3.8) is 0 Å². The fraction of sp³-hybridized carbons (Fsp3) is 0.467. The lowest BCUT2D eigenvalue weighted by atomic mass is 10.1. The first-order chi connectivity index (χ1) is 12.5. The molecule has 11 heteroatoms. The summed E-state index contributed by atoms with van der Waals surface area (Å²) in [4.78, 5) is 24.4. The van der Waals surface area contributed by atoms with Gasteiger partial charge in [0, 0.05) is 6.20 Å². The van der Waals surface area contributed by atoms with Crippen LogP contribution in [0.2, 0.25) is 0 Å². The van der Waals surface area contributed by atoms with Crippen molar-refractivity contribution in [2.24, 2.45) is 5.73 Å². The predicted octanol–water partition coefficient (Wildman–Crippen LogP) is -1.70. The van der Waals surface area contributed by atoms with Gasteiger partial charge in [-0.15, -0.1) is 0 Å². The molecular weight excluding hydrogens is 346 g/mol. The van der Waals surface area contributed by atoms with Gasteiger partial charge in [-0.3, -0.25) is 4.57 Å². The van der Waals surface area contributed by atoms with Gasteiger partial charge in [-0.2, -0.15) is 0 Å². The third-order valence-electron chi connectivity index (χ3n) is 4.07. The highest BCUT2D eigenvalue weighted by atomic mass is 16.6. The van der Waals surface area contributed by atoms with E-state index in [0.717, 1.165) is 6.20 Å². The van der Waals surface area contributed by atoms with Crippen LogP contribution < -0.4 is 5.73 Å². The molecule has 0 unspecified atom stereocenters. The van der Waals surface area contributed by atoms with Crippen molar-refractivity contribution < 1.29 is 29.6 Å². The number of aliphatic hydroxyl groups is 3. The van der Waals surface area contributed by atoms with Crippen LogP contribution in [0.5, 0.6) is 0 Å². The van der Waals surface area contributed by atoms with E-state index in [1.54, 1.807) is 6.92 Å². The number of aromatic nitrogens is 4. The Balaban J connectivity index is 2.03. The van der Waals surface area contributed by atoms with Gasteiger partial charge >= 0.3 is 5.97 Å². The Labute approximate surface area is 147 Å². The molecule has 0 radical (unpaired) electrons. The summed E-state index contributed by atoms with van der Waals surface area (Å²) in [5.74, 6) is -0.655. The van der Waals surface area contributed by atoms with Crippen molar-refractivity contribution in [1.29, 1.82) is 0 Å². The number of hydrogen-bond acceptors (Lipinski definition) is 10. The zero-order valence-electron chi connectivity index (χ0n) is 13.9. The van der Waals surface area contributed by atoms with Crippen molar-refractivity contribution in [1.82, 2.24) is 19.5 Å². The molecule has 0 spiro atoms. The van der Waals surface area contributed by atoms with Crippen LogP contribution in [-0.4, -0.2) is 72.3 Å². The van der Waals surface area contributed by atoms with Gasteiger partial charge in [0.1, 0.15) is 41.4 Å². The van der Waals surface area contributed by atoms with Crippen molar-refractivity contribution in [3.05, 3.63) is 24.5 Å². The molecule has 0 aliphatic carbocycles. The van der Waals surface area contributed by atoms with Gasteiger partial charge in [-0.1, -0.05) is 0 Å². The minimum Gasteiger partial charge on any atom is -0.462 e. The molecule has 1 saturated heterocycles. The summed E-state index contributed by atoms with van der Waals surface area (Å²) in [5.41, 5.74) is 6.24. The zero-order valence-corrected chi connectivity index (χ0v) is 13.9. The van der Waals surface area contributed by atoms with E-state index in [4.69, 9.17) is 15.2 Å². The van der Waals surface area contributed by atoms with E-state index >= 15 is 0 Å². The molecule has 5 N–H and O–H groups in total. The number of carbonyl (C=O) groups excluding carboxylic acids is 1. The molecule has 1 aliphatic heterocycles. The quantitative estimate of drug-likeness (QED) is 0.354. The molecule has 4 atom stereocenters. The number of imidazole rings is 1. The van der Waals surface area contributed by atoms with Crippen LogP contribution in [0.1, 0.15) is 18.8 Å². The highest BCUT2D eigenvalue weighted by molar-refractivity contribution is 6.18. The second-order valence-corrected chi connectivity index (χ2v) is 5.58. The van der Waals surface area contributed by atoms with E-state index in [1.165, 1.54) is 17.2 Å². The van der Waals surface area contributed by atoms with Crippen molar-refractivity contribution in [3.8, 4) is 0 Å². The van der Waals surface area contributed by atoms with Gasteiger partial charge in [0.25, 0.3) is 0 Å². The molecule has 3 heterocycles. The van der Waals surface area contributed by atoms with E-state index in [1.807, 2.05) is 0 Å². The maximum atomic E-state index is 12.1. The van der Waals surface area contributed by atoms with Crippen LogP contribution in [0.3, 0.4) is 0 Å². The molecule has 3 rings (SSSR count). The van der Waals surface area contributed by atoms with Gasteiger partial charge in [-0.05, 0) is 6.92 Å². The summed E-state index contributed by atoms with van der Waals surface area (Å²) in [6, 6.07) is 0. The zero-order chi connectivity index (χ0) is 18.8. The average molecular weight is 365 g/mol. The Bertz CT molecular complexity index is 837. The van der Waals surface area contributed by atoms with Crippen LogP contribution in [0.15, 0.2) is 18.9 Å². The van der Waals surface area contributed by atoms with Crippen molar-refractivity contribution >= 4 is 22.7 Å². The molecule has 1 aliphatic rings. The summed E-state index contributed by atoms with van der Waals surface area (Å²) < 4.78 is 11.8. The van der Waals surface area contributed by atoms with Crippen LogP contribution in [-0.2, 0) is 14.3 Å². The number of nitrogens with two attached hydrogens (primary N) is 1. The minimum atomic E-state index is -1.29. The fourth-order valence-electron chi connectivity index (χ4n) is 2.80. The Morgan fingerprint density at radius 2 is 2.15 bits per heavy atom. The fourth-order valence-corrected chi connectivity index (χ4v) is 2.80. The lowest BCUT2D eigenvalue weighted by molar-refractivity contribution is -0.136. The minimum absolute atomic E-state index is 0.0191. The number of esters is 1. The number of nitrogens with zero attached hydrogens (tertiary/aromatic N) is 4. The first kappa shape index (κ1) is 18.2.